The lowest BCUT2D eigenvalue weighted by Gasteiger charge is -2.08. The van der Waals surface area contributed by atoms with Crippen molar-refractivity contribution in [1.82, 2.24) is 15.3 Å². The number of methoxy groups -OCH3 is 1. The molecule has 1 aromatic heterocycles. The zero-order valence-electron chi connectivity index (χ0n) is 10.8. The van der Waals surface area contributed by atoms with Crippen molar-refractivity contribution >= 4 is 23.3 Å². The second kappa shape index (κ2) is 6.68. The Hall–Kier alpha value is -1.40. The molecule has 1 fully saturated rings. The highest BCUT2D eigenvalue weighted by atomic mass is 35.5. The van der Waals surface area contributed by atoms with Crippen molar-refractivity contribution in [2.45, 2.75) is 18.8 Å². The van der Waals surface area contributed by atoms with Crippen molar-refractivity contribution < 1.29 is 9.53 Å². The van der Waals surface area contributed by atoms with Crippen molar-refractivity contribution in [2.24, 2.45) is 0 Å². The summed E-state index contributed by atoms with van der Waals surface area (Å²) in [4.78, 5) is 20.0. The van der Waals surface area contributed by atoms with Crippen LogP contribution in [0.1, 0.15) is 24.6 Å². The van der Waals surface area contributed by atoms with Gasteiger partial charge in [-0.3, -0.25) is 4.79 Å². The number of ether oxygens (including phenoxy) is 1. The molecule has 0 saturated heterocycles. The van der Waals surface area contributed by atoms with E-state index in [0.717, 1.165) is 18.7 Å². The van der Waals surface area contributed by atoms with Gasteiger partial charge in [0, 0.05) is 25.6 Å². The van der Waals surface area contributed by atoms with Gasteiger partial charge in [-0.25, -0.2) is 9.97 Å². The number of anilines is 1. The number of carbonyl (C=O) groups is 1. The summed E-state index contributed by atoms with van der Waals surface area (Å²) >= 11 is 5.93. The number of hydrogen-bond donors (Lipinski definition) is 2. The summed E-state index contributed by atoms with van der Waals surface area (Å²) < 4.78 is 4.85. The number of halogens is 1. The lowest BCUT2D eigenvalue weighted by Crippen LogP contribution is -2.32. The Morgan fingerprint density at radius 3 is 3.00 bits per heavy atom. The third kappa shape index (κ3) is 4.65. The van der Waals surface area contributed by atoms with E-state index >= 15 is 0 Å². The molecule has 104 valence electrons. The van der Waals surface area contributed by atoms with Crippen LogP contribution in [0.25, 0.3) is 0 Å². The molecule has 0 bridgehead atoms. The van der Waals surface area contributed by atoms with Crippen LogP contribution in [0, 0.1) is 0 Å². The van der Waals surface area contributed by atoms with Gasteiger partial charge in [0.1, 0.15) is 16.8 Å². The summed E-state index contributed by atoms with van der Waals surface area (Å²) in [5.41, 5.74) is 0. The molecule has 1 heterocycles. The molecule has 0 atom stereocenters. The van der Waals surface area contributed by atoms with E-state index < -0.39 is 0 Å². The topological polar surface area (TPSA) is 76.1 Å². The minimum atomic E-state index is -0.111. The summed E-state index contributed by atoms with van der Waals surface area (Å²) in [5.74, 6) is 1.66. The van der Waals surface area contributed by atoms with Gasteiger partial charge < -0.3 is 15.4 Å². The number of carbonyl (C=O) groups excluding carboxylic acids is 1. The van der Waals surface area contributed by atoms with Crippen molar-refractivity contribution in [1.29, 1.82) is 0 Å². The minimum Gasteiger partial charge on any atom is -0.383 e. The molecule has 1 aliphatic rings. The monoisotopic (exact) mass is 284 g/mol. The normalized spacial score (nSPS) is 14.2. The number of nitrogens with one attached hydrogen (secondary N) is 2. The van der Waals surface area contributed by atoms with Gasteiger partial charge in [-0.15, -0.1) is 0 Å². The highest BCUT2D eigenvalue weighted by molar-refractivity contribution is 6.29. The zero-order valence-corrected chi connectivity index (χ0v) is 11.5. The molecule has 1 saturated carbocycles. The van der Waals surface area contributed by atoms with E-state index in [1.807, 2.05) is 0 Å². The third-order valence-corrected chi connectivity index (χ3v) is 2.91. The second-order valence-corrected chi connectivity index (χ2v) is 4.79. The predicted octanol–water partition coefficient (Wildman–Crippen LogP) is 1.18. The van der Waals surface area contributed by atoms with Crippen LogP contribution in [0.2, 0.25) is 5.15 Å². The minimum absolute atomic E-state index is 0.111. The standard InChI is InChI=1S/C12H17ClN4O2/c1-19-5-4-14-11(18)7-15-10-6-9(13)16-12(17-10)8-2-3-8/h6,8H,2-5,7H2,1H3,(H,14,18)(H,15,16,17). The average molecular weight is 285 g/mol. The van der Waals surface area contributed by atoms with E-state index in [1.165, 1.54) is 0 Å². The fraction of sp³-hybridized carbons (Fsp3) is 0.583. The molecule has 1 aromatic rings. The number of amides is 1. The Bertz CT molecular complexity index is 451. The van der Waals surface area contributed by atoms with Crippen LogP contribution in [0.3, 0.4) is 0 Å². The smallest absolute Gasteiger partial charge is 0.239 e. The molecule has 0 unspecified atom stereocenters. The van der Waals surface area contributed by atoms with Crippen LogP contribution in [0.15, 0.2) is 6.07 Å². The molecule has 0 aromatic carbocycles. The van der Waals surface area contributed by atoms with Gasteiger partial charge in [0.2, 0.25) is 5.91 Å². The van der Waals surface area contributed by atoms with Crippen LogP contribution < -0.4 is 10.6 Å². The van der Waals surface area contributed by atoms with Crippen molar-refractivity contribution in [3.63, 3.8) is 0 Å². The maximum absolute atomic E-state index is 11.5. The number of nitrogens with zero attached hydrogens (tertiary/aromatic N) is 2. The highest BCUT2D eigenvalue weighted by Crippen LogP contribution is 2.38. The number of hydrogen-bond acceptors (Lipinski definition) is 5. The van der Waals surface area contributed by atoms with Gasteiger partial charge in [0.15, 0.2) is 0 Å². The van der Waals surface area contributed by atoms with Crippen LogP contribution >= 0.6 is 11.6 Å². The lowest BCUT2D eigenvalue weighted by molar-refractivity contribution is -0.119. The third-order valence-electron chi connectivity index (χ3n) is 2.71. The van der Waals surface area contributed by atoms with Gasteiger partial charge in [-0.05, 0) is 12.8 Å². The van der Waals surface area contributed by atoms with Crippen LogP contribution in [0.4, 0.5) is 5.82 Å². The molecular weight excluding hydrogens is 268 g/mol. The zero-order chi connectivity index (χ0) is 13.7. The second-order valence-electron chi connectivity index (χ2n) is 4.40. The van der Waals surface area contributed by atoms with E-state index in [-0.39, 0.29) is 12.5 Å². The predicted molar refractivity (Wildman–Crippen MR) is 72.4 cm³/mol. The first-order valence-corrected chi connectivity index (χ1v) is 6.61. The summed E-state index contributed by atoms with van der Waals surface area (Å²) in [6.45, 7) is 1.15. The summed E-state index contributed by atoms with van der Waals surface area (Å²) in [6.07, 6.45) is 2.22. The molecule has 19 heavy (non-hydrogen) atoms. The van der Waals surface area contributed by atoms with E-state index in [2.05, 4.69) is 20.6 Å². The summed E-state index contributed by atoms with van der Waals surface area (Å²) in [5, 5.41) is 6.06. The molecule has 1 amide bonds. The van der Waals surface area contributed by atoms with Crippen molar-refractivity contribution in [3.05, 3.63) is 17.0 Å². The first-order chi connectivity index (χ1) is 9.19. The molecule has 6 nitrogen and oxygen atoms in total. The van der Waals surface area contributed by atoms with Gasteiger partial charge in [0.25, 0.3) is 0 Å². The first kappa shape index (κ1) is 14.0. The Balaban J connectivity index is 1.83. The molecule has 2 N–H and O–H groups in total. The summed E-state index contributed by atoms with van der Waals surface area (Å²) in [6, 6.07) is 1.62. The highest BCUT2D eigenvalue weighted by Gasteiger charge is 2.27. The Morgan fingerprint density at radius 1 is 1.53 bits per heavy atom. The van der Waals surface area contributed by atoms with Gasteiger partial charge >= 0.3 is 0 Å². The molecular formula is C12H17ClN4O2. The first-order valence-electron chi connectivity index (χ1n) is 6.23. The average Bonchev–Trinajstić information content (AvgIpc) is 3.20. The van der Waals surface area contributed by atoms with E-state index in [1.54, 1.807) is 13.2 Å². The molecule has 2 rings (SSSR count). The van der Waals surface area contributed by atoms with Gasteiger partial charge in [0.05, 0.1) is 13.2 Å². The van der Waals surface area contributed by atoms with Gasteiger partial charge in [-0.1, -0.05) is 11.6 Å². The van der Waals surface area contributed by atoms with Crippen LogP contribution in [-0.2, 0) is 9.53 Å². The molecule has 7 heteroatoms. The Labute approximate surface area is 116 Å². The molecule has 0 radical (unpaired) electrons. The largest absolute Gasteiger partial charge is 0.383 e. The fourth-order valence-corrected chi connectivity index (χ4v) is 1.77. The Kier molecular flexibility index (Phi) is 4.93. The maximum atomic E-state index is 11.5. The van der Waals surface area contributed by atoms with Crippen LogP contribution in [0.5, 0.6) is 0 Å². The molecule has 0 spiro atoms. The van der Waals surface area contributed by atoms with E-state index in [9.17, 15) is 4.79 Å². The summed E-state index contributed by atoms with van der Waals surface area (Å²) in [7, 11) is 1.59. The molecule has 1 aliphatic carbocycles. The SMILES string of the molecule is COCCNC(=O)CNc1cc(Cl)nc(C2CC2)n1. The Morgan fingerprint density at radius 2 is 2.32 bits per heavy atom. The quantitative estimate of drug-likeness (QED) is 0.581. The number of rotatable bonds is 7. The van der Waals surface area contributed by atoms with Gasteiger partial charge in [-0.2, -0.15) is 0 Å². The van der Waals surface area contributed by atoms with E-state index in [4.69, 9.17) is 16.3 Å². The van der Waals surface area contributed by atoms with E-state index in [0.29, 0.717) is 30.0 Å². The number of aromatic nitrogens is 2. The van der Waals surface area contributed by atoms with Crippen molar-refractivity contribution in [2.75, 3.05) is 32.1 Å². The van der Waals surface area contributed by atoms with Crippen LogP contribution in [-0.4, -0.2) is 42.7 Å². The lowest BCUT2D eigenvalue weighted by atomic mass is 10.4. The maximum Gasteiger partial charge on any atom is 0.239 e. The molecule has 0 aliphatic heterocycles. The fourth-order valence-electron chi connectivity index (χ4n) is 1.58. The van der Waals surface area contributed by atoms with Crippen molar-refractivity contribution in [3.8, 4) is 0 Å².